The van der Waals surface area contributed by atoms with Crippen LogP contribution in [0, 0.1) is 5.92 Å². The van der Waals surface area contributed by atoms with E-state index in [0.717, 1.165) is 23.6 Å². The first-order chi connectivity index (χ1) is 16.8. The van der Waals surface area contributed by atoms with Crippen LogP contribution in [0.3, 0.4) is 0 Å². The molecule has 4 nitrogen and oxygen atoms in total. The average Bonchev–Trinajstić information content (AvgIpc) is 3.24. The van der Waals surface area contributed by atoms with Crippen LogP contribution in [-0.2, 0) is 15.2 Å². The van der Waals surface area contributed by atoms with Crippen molar-refractivity contribution in [2.45, 2.75) is 111 Å². The summed E-state index contributed by atoms with van der Waals surface area (Å²) in [6.45, 7) is 20.9. The molecule has 0 aliphatic carbocycles. The Morgan fingerprint density at radius 1 is 1.17 bits per heavy atom. The van der Waals surface area contributed by atoms with Crippen molar-refractivity contribution in [1.29, 1.82) is 0 Å². The second-order valence-corrected chi connectivity index (χ2v) is 11.6. The molecule has 1 aliphatic heterocycles. The smallest absolute Gasteiger partial charge is 0.209 e. The molecule has 0 spiro atoms. The maximum absolute atomic E-state index is 13.6. The number of benzene rings is 1. The molecule has 1 heterocycles. The number of hydrogen-bond donors (Lipinski definition) is 2. The summed E-state index contributed by atoms with van der Waals surface area (Å²) in [5, 5.41) is 3.76. The number of halogens is 2. The van der Waals surface area contributed by atoms with Gasteiger partial charge in [-0.15, -0.1) is 5.48 Å². The Morgan fingerprint density at radius 3 is 2.39 bits per heavy atom. The molecule has 0 radical (unpaired) electrons. The highest BCUT2D eigenvalue weighted by molar-refractivity contribution is 6.31. The summed E-state index contributed by atoms with van der Waals surface area (Å²) in [6.07, 6.45) is 9.88. The first-order valence-corrected chi connectivity index (χ1v) is 13.8. The summed E-state index contributed by atoms with van der Waals surface area (Å²) in [5.41, 5.74) is 4.09. The number of hydrogen-bond acceptors (Lipinski definition) is 4. The predicted molar refractivity (Wildman–Crippen MR) is 153 cm³/mol. The third-order valence-corrected chi connectivity index (χ3v) is 6.33. The van der Waals surface area contributed by atoms with Gasteiger partial charge in [-0.2, -0.15) is 0 Å². The van der Waals surface area contributed by atoms with Crippen LogP contribution in [0.5, 0.6) is 0 Å². The minimum absolute atomic E-state index is 0.0844. The molecular formula is C30H50ClFN2O2. The van der Waals surface area contributed by atoms with Gasteiger partial charge in [-0.05, 0) is 78.0 Å². The van der Waals surface area contributed by atoms with E-state index in [-0.39, 0.29) is 5.60 Å². The number of unbranched alkanes of at least 4 members (excludes halogenated alkanes) is 2. The molecular weight excluding hydrogens is 475 g/mol. The standard InChI is InChI=1S/C18H36N2O2.C12H14ClF/c1-6-8-9-11-15(10-7-2)16-14-17(22-20-16)19-12-13-21-18(3,4)5;1-8(2)9-5-6-10(11(13)7-9)12(3,4)14/h14-16,19-20H,6-13H2,1-5H3;5-7H,1H2,2-4H3. The van der Waals surface area contributed by atoms with Gasteiger partial charge in [0.15, 0.2) is 0 Å². The second-order valence-electron chi connectivity index (χ2n) is 11.2. The molecule has 6 heteroatoms. The van der Waals surface area contributed by atoms with Crippen LogP contribution in [0.15, 0.2) is 36.7 Å². The molecule has 2 rings (SSSR count). The van der Waals surface area contributed by atoms with Crippen molar-refractivity contribution in [1.82, 2.24) is 10.8 Å². The summed E-state index contributed by atoms with van der Waals surface area (Å²) in [6, 6.07) is 5.64. The average molecular weight is 525 g/mol. The van der Waals surface area contributed by atoms with Gasteiger partial charge in [-0.25, -0.2) is 4.39 Å². The van der Waals surface area contributed by atoms with E-state index in [4.69, 9.17) is 21.2 Å². The van der Waals surface area contributed by atoms with Gasteiger partial charge in [0.2, 0.25) is 5.88 Å². The molecule has 0 fully saturated rings. The molecule has 2 unspecified atom stereocenters. The largest absolute Gasteiger partial charge is 0.391 e. The molecule has 206 valence electrons. The van der Waals surface area contributed by atoms with Crippen LogP contribution in [0.1, 0.15) is 105 Å². The summed E-state index contributed by atoms with van der Waals surface area (Å²) in [7, 11) is 0. The highest BCUT2D eigenvalue weighted by Gasteiger charge is 2.25. The highest BCUT2D eigenvalue weighted by Crippen LogP contribution is 2.32. The molecule has 1 aliphatic rings. The Balaban J connectivity index is 0.000000397. The van der Waals surface area contributed by atoms with Crippen LogP contribution in [0.4, 0.5) is 4.39 Å². The molecule has 2 N–H and O–H groups in total. The molecule has 0 saturated heterocycles. The first-order valence-electron chi connectivity index (χ1n) is 13.4. The lowest BCUT2D eigenvalue weighted by atomic mass is 9.90. The SMILES string of the molecule is C=C(C)c1ccc(C(C)(C)F)c(Cl)c1.CCCCCC(CCC)C1C=C(NCCOC(C)(C)C)ON1. The van der Waals surface area contributed by atoms with Gasteiger partial charge in [0.1, 0.15) is 5.67 Å². The van der Waals surface area contributed by atoms with E-state index in [1.807, 2.05) is 13.0 Å². The van der Waals surface area contributed by atoms with E-state index >= 15 is 0 Å². The lowest BCUT2D eigenvalue weighted by molar-refractivity contribution is -0.00276. The molecule has 36 heavy (non-hydrogen) atoms. The number of ether oxygens (including phenoxy) is 1. The lowest BCUT2D eigenvalue weighted by Crippen LogP contribution is -2.30. The number of allylic oxidation sites excluding steroid dienone is 1. The topological polar surface area (TPSA) is 42.5 Å². The van der Waals surface area contributed by atoms with Crippen molar-refractivity contribution in [2.24, 2.45) is 5.92 Å². The number of hydroxylamine groups is 1. The lowest BCUT2D eigenvalue weighted by Gasteiger charge is -2.20. The third-order valence-electron chi connectivity index (χ3n) is 6.02. The van der Waals surface area contributed by atoms with Crippen LogP contribution < -0.4 is 10.8 Å². The molecule has 2 atom stereocenters. The van der Waals surface area contributed by atoms with Crippen LogP contribution in [0.2, 0.25) is 5.02 Å². The van der Waals surface area contributed by atoms with Crippen molar-refractivity contribution in [3.05, 3.63) is 52.9 Å². The summed E-state index contributed by atoms with van der Waals surface area (Å²) >= 11 is 5.98. The number of alkyl halides is 1. The van der Waals surface area contributed by atoms with Crippen molar-refractivity contribution in [3.63, 3.8) is 0 Å². The van der Waals surface area contributed by atoms with Gasteiger partial charge >= 0.3 is 0 Å². The Bertz CT molecular complexity index is 827. The normalized spacial score (nSPS) is 16.5. The summed E-state index contributed by atoms with van der Waals surface area (Å²) in [5.74, 6) is 1.51. The Labute approximate surface area is 225 Å². The quantitative estimate of drug-likeness (QED) is 0.253. The van der Waals surface area contributed by atoms with Gasteiger partial charge in [0, 0.05) is 17.1 Å². The minimum Gasteiger partial charge on any atom is -0.391 e. The van der Waals surface area contributed by atoms with Crippen molar-refractivity contribution >= 4 is 17.2 Å². The van der Waals surface area contributed by atoms with E-state index in [2.05, 4.69) is 58.1 Å². The van der Waals surface area contributed by atoms with E-state index < -0.39 is 5.67 Å². The van der Waals surface area contributed by atoms with Crippen molar-refractivity contribution in [2.75, 3.05) is 13.2 Å². The van der Waals surface area contributed by atoms with Gasteiger partial charge in [0.25, 0.3) is 0 Å². The zero-order chi connectivity index (χ0) is 27.4. The zero-order valence-corrected chi connectivity index (χ0v) is 24.7. The molecule has 0 amide bonds. The van der Waals surface area contributed by atoms with Crippen LogP contribution in [0.25, 0.3) is 5.57 Å². The van der Waals surface area contributed by atoms with Gasteiger partial charge in [-0.1, -0.05) is 75.4 Å². The Hall–Kier alpha value is -1.56. The number of nitrogens with one attached hydrogen (secondary N) is 2. The Morgan fingerprint density at radius 2 is 1.86 bits per heavy atom. The maximum Gasteiger partial charge on any atom is 0.209 e. The predicted octanol–water partition coefficient (Wildman–Crippen LogP) is 8.71. The Kier molecular flexibility index (Phi) is 14.1. The monoisotopic (exact) mass is 524 g/mol. The van der Waals surface area contributed by atoms with Gasteiger partial charge in [-0.3, -0.25) is 0 Å². The van der Waals surface area contributed by atoms with E-state index in [1.165, 1.54) is 52.4 Å². The zero-order valence-electron chi connectivity index (χ0n) is 23.9. The van der Waals surface area contributed by atoms with Gasteiger partial charge < -0.3 is 14.9 Å². The van der Waals surface area contributed by atoms with Crippen LogP contribution in [-0.4, -0.2) is 24.8 Å². The first kappa shape index (κ1) is 32.5. The fraction of sp³-hybridized carbons (Fsp3) is 0.667. The molecule has 0 bridgehead atoms. The molecule has 0 saturated carbocycles. The van der Waals surface area contributed by atoms with Gasteiger partial charge in [0.05, 0.1) is 18.2 Å². The number of rotatable bonds is 13. The van der Waals surface area contributed by atoms with Crippen molar-refractivity contribution < 1.29 is 14.0 Å². The van der Waals surface area contributed by atoms with Crippen LogP contribution >= 0.6 is 11.6 Å². The second kappa shape index (κ2) is 15.6. The fourth-order valence-corrected chi connectivity index (χ4v) is 4.42. The fourth-order valence-electron chi connectivity index (χ4n) is 4.01. The van der Waals surface area contributed by atoms with E-state index in [1.54, 1.807) is 12.1 Å². The minimum atomic E-state index is -1.40. The molecule has 0 aromatic heterocycles. The van der Waals surface area contributed by atoms with E-state index in [0.29, 0.717) is 29.2 Å². The summed E-state index contributed by atoms with van der Waals surface area (Å²) < 4.78 is 19.3. The molecule has 1 aromatic carbocycles. The maximum atomic E-state index is 13.6. The van der Waals surface area contributed by atoms with Crippen molar-refractivity contribution in [3.8, 4) is 0 Å². The molecule has 1 aromatic rings. The van der Waals surface area contributed by atoms with E-state index in [9.17, 15) is 4.39 Å². The highest BCUT2D eigenvalue weighted by atomic mass is 35.5. The summed E-state index contributed by atoms with van der Waals surface area (Å²) in [4.78, 5) is 5.58. The third kappa shape index (κ3) is 12.6.